The number of para-hydroxylation sites is 1. The first kappa shape index (κ1) is 30.2. The number of halogens is 1. The highest BCUT2D eigenvalue weighted by Gasteiger charge is 2.22. The summed E-state index contributed by atoms with van der Waals surface area (Å²) < 4.78 is 28.0. The molecule has 5 rings (SSSR count). The number of aromatic amines is 1. The van der Waals surface area contributed by atoms with Crippen molar-refractivity contribution >= 4 is 44.9 Å². The van der Waals surface area contributed by atoms with Gasteiger partial charge in [-0.1, -0.05) is 58.4 Å². The smallest absolute Gasteiger partial charge is 0.343 e. The zero-order valence-corrected chi connectivity index (χ0v) is 25.9. The second-order valence-corrected chi connectivity index (χ2v) is 10.2. The molecule has 0 aliphatic heterocycles. The van der Waals surface area contributed by atoms with Crippen LogP contribution in [0.1, 0.15) is 26.4 Å². The summed E-state index contributed by atoms with van der Waals surface area (Å²) >= 11 is 3.43. The van der Waals surface area contributed by atoms with Gasteiger partial charge in [0.2, 0.25) is 5.75 Å². The minimum absolute atomic E-state index is 0.182. The van der Waals surface area contributed by atoms with Gasteiger partial charge in [-0.3, -0.25) is 4.79 Å². The average Bonchev–Trinajstić information content (AvgIpc) is 3.45. The standard InChI is InChI=1S/C33H28BrN3O7/c1-40-25-12-8-11-23-28(19-9-6-5-7-10-19)30(36-29(23)25)32(38)37-35-18-21-15-22(34)13-14-24(21)44-33(39)20-16-26(41-2)31(43-4)27(17-20)42-3/h5-18,36H,1-4H3,(H,37,38). The molecule has 10 nitrogen and oxygen atoms in total. The number of hydrogen-bond donors (Lipinski definition) is 2. The molecule has 1 aromatic heterocycles. The fraction of sp³-hybridized carbons (Fsp3) is 0.121. The van der Waals surface area contributed by atoms with Gasteiger partial charge in [0.25, 0.3) is 5.91 Å². The summed E-state index contributed by atoms with van der Waals surface area (Å²) in [5.41, 5.74) is 5.78. The van der Waals surface area contributed by atoms with Crippen LogP contribution in [-0.4, -0.2) is 51.5 Å². The van der Waals surface area contributed by atoms with Gasteiger partial charge in [-0.25, -0.2) is 10.2 Å². The highest BCUT2D eigenvalue weighted by molar-refractivity contribution is 9.10. The van der Waals surface area contributed by atoms with Gasteiger partial charge < -0.3 is 28.7 Å². The molecule has 5 aromatic rings. The number of hydrogen-bond acceptors (Lipinski definition) is 8. The summed E-state index contributed by atoms with van der Waals surface area (Å²) in [6.07, 6.45) is 1.39. The Morgan fingerprint density at radius 1 is 0.795 bits per heavy atom. The molecule has 0 saturated carbocycles. The SMILES string of the molecule is COc1cc(C(=O)Oc2ccc(Br)cc2C=NNC(=O)c2[nH]c3c(OC)cccc3c2-c2ccccc2)cc(OC)c1OC. The van der Waals surface area contributed by atoms with Crippen LogP contribution in [0.3, 0.4) is 0 Å². The molecule has 0 fully saturated rings. The zero-order chi connectivity index (χ0) is 31.2. The fourth-order valence-corrected chi connectivity index (χ4v) is 5.10. The van der Waals surface area contributed by atoms with Crippen molar-refractivity contribution in [3.8, 4) is 39.9 Å². The second-order valence-electron chi connectivity index (χ2n) is 9.31. The molecular formula is C33H28BrN3O7. The minimum Gasteiger partial charge on any atom is -0.495 e. The molecule has 0 spiro atoms. The third-order valence-corrected chi connectivity index (χ3v) is 7.24. The van der Waals surface area contributed by atoms with Crippen LogP contribution in [0.4, 0.5) is 0 Å². The van der Waals surface area contributed by atoms with Gasteiger partial charge in [-0.05, 0) is 42.0 Å². The number of aromatic nitrogens is 1. The van der Waals surface area contributed by atoms with Crippen molar-refractivity contribution in [3.05, 3.63) is 100 Å². The number of rotatable bonds is 10. The largest absolute Gasteiger partial charge is 0.495 e. The Hall–Kier alpha value is -5.29. The fourth-order valence-electron chi connectivity index (χ4n) is 4.72. The Labute approximate surface area is 261 Å². The molecule has 4 aromatic carbocycles. The van der Waals surface area contributed by atoms with E-state index in [0.29, 0.717) is 44.2 Å². The molecule has 224 valence electrons. The van der Waals surface area contributed by atoms with Crippen LogP contribution in [0.25, 0.3) is 22.0 Å². The quantitative estimate of drug-likeness (QED) is 0.0750. The predicted octanol–water partition coefficient (Wildman–Crippen LogP) is 6.61. The Morgan fingerprint density at radius 3 is 2.16 bits per heavy atom. The average molecular weight is 659 g/mol. The Bertz CT molecular complexity index is 1840. The van der Waals surface area contributed by atoms with Crippen LogP contribution in [0.15, 0.2) is 88.4 Å². The second kappa shape index (κ2) is 13.3. The number of nitrogens with one attached hydrogen (secondary N) is 2. The Kier molecular flexibility index (Phi) is 9.15. The normalized spacial score (nSPS) is 10.9. The van der Waals surface area contributed by atoms with Gasteiger partial charge in [0.15, 0.2) is 11.5 Å². The Morgan fingerprint density at radius 2 is 1.50 bits per heavy atom. The van der Waals surface area contributed by atoms with Gasteiger partial charge >= 0.3 is 5.97 Å². The number of hydrazone groups is 1. The topological polar surface area (TPSA) is 120 Å². The lowest BCUT2D eigenvalue weighted by molar-refractivity contribution is 0.0733. The van der Waals surface area contributed by atoms with Crippen molar-refractivity contribution in [3.63, 3.8) is 0 Å². The molecule has 0 radical (unpaired) electrons. The van der Waals surface area contributed by atoms with Crippen molar-refractivity contribution in [2.45, 2.75) is 0 Å². The van der Waals surface area contributed by atoms with Crippen molar-refractivity contribution in [2.24, 2.45) is 5.10 Å². The van der Waals surface area contributed by atoms with Crippen LogP contribution in [0.5, 0.6) is 28.7 Å². The van der Waals surface area contributed by atoms with Gasteiger partial charge in [0.05, 0.1) is 45.7 Å². The molecule has 44 heavy (non-hydrogen) atoms. The van der Waals surface area contributed by atoms with Crippen molar-refractivity contribution in [1.29, 1.82) is 0 Å². The predicted molar refractivity (Wildman–Crippen MR) is 171 cm³/mol. The molecular weight excluding hydrogens is 630 g/mol. The minimum atomic E-state index is -0.662. The van der Waals surface area contributed by atoms with E-state index in [1.165, 1.54) is 39.7 Å². The number of amides is 1. The number of methoxy groups -OCH3 is 4. The summed E-state index contributed by atoms with van der Waals surface area (Å²) in [7, 11) is 5.96. The molecule has 0 saturated heterocycles. The number of H-pyrrole nitrogens is 1. The number of fused-ring (bicyclic) bond motifs is 1. The van der Waals surface area contributed by atoms with Crippen LogP contribution in [0, 0.1) is 0 Å². The Balaban J connectivity index is 1.42. The number of carbonyl (C=O) groups excluding carboxylic acids is 2. The van der Waals surface area contributed by atoms with Crippen molar-refractivity contribution in [2.75, 3.05) is 28.4 Å². The summed E-state index contributed by atoms with van der Waals surface area (Å²) in [5, 5.41) is 5.01. The number of ether oxygens (including phenoxy) is 5. The summed E-state index contributed by atoms with van der Waals surface area (Å²) in [6.45, 7) is 0. The highest BCUT2D eigenvalue weighted by Crippen LogP contribution is 2.39. The van der Waals surface area contributed by atoms with Crippen LogP contribution in [0.2, 0.25) is 0 Å². The first-order chi connectivity index (χ1) is 21.4. The monoisotopic (exact) mass is 657 g/mol. The molecule has 0 bridgehead atoms. The van der Waals surface area contributed by atoms with E-state index in [1.54, 1.807) is 25.3 Å². The molecule has 0 aliphatic carbocycles. The summed E-state index contributed by atoms with van der Waals surface area (Å²) in [4.78, 5) is 29.8. The molecule has 0 unspecified atom stereocenters. The number of nitrogens with zero attached hydrogens (tertiary/aromatic N) is 1. The molecule has 2 N–H and O–H groups in total. The summed E-state index contributed by atoms with van der Waals surface area (Å²) in [5.74, 6) is 0.657. The molecule has 0 atom stereocenters. The lowest BCUT2D eigenvalue weighted by atomic mass is 10.0. The van der Waals surface area contributed by atoms with Gasteiger partial charge in [-0.15, -0.1) is 0 Å². The number of esters is 1. The maximum atomic E-state index is 13.5. The molecule has 0 aliphatic rings. The molecule has 1 heterocycles. The van der Waals surface area contributed by atoms with Gasteiger partial charge in [-0.2, -0.15) is 5.10 Å². The zero-order valence-electron chi connectivity index (χ0n) is 24.3. The maximum absolute atomic E-state index is 13.5. The van der Waals surface area contributed by atoms with E-state index in [2.05, 4.69) is 31.4 Å². The van der Waals surface area contributed by atoms with Crippen molar-refractivity contribution < 1.29 is 33.3 Å². The molecule has 1 amide bonds. The lowest BCUT2D eigenvalue weighted by Crippen LogP contribution is -2.19. The van der Waals surface area contributed by atoms with Crippen molar-refractivity contribution in [1.82, 2.24) is 10.4 Å². The highest BCUT2D eigenvalue weighted by atomic mass is 79.9. The van der Waals surface area contributed by atoms with E-state index < -0.39 is 11.9 Å². The van der Waals surface area contributed by atoms with Gasteiger partial charge in [0, 0.05) is 21.0 Å². The van der Waals surface area contributed by atoms with E-state index in [-0.39, 0.29) is 11.3 Å². The number of benzene rings is 4. The third kappa shape index (κ3) is 6.09. The van der Waals surface area contributed by atoms with E-state index in [4.69, 9.17) is 23.7 Å². The third-order valence-electron chi connectivity index (χ3n) is 6.75. The number of carbonyl (C=O) groups is 2. The summed E-state index contributed by atoms with van der Waals surface area (Å²) in [6, 6.07) is 23.2. The van der Waals surface area contributed by atoms with Crippen LogP contribution in [-0.2, 0) is 0 Å². The van der Waals surface area contributed by atoms with E-state index in [9.17, 15) is 9.59 Å². The first-order valence-electron chi connectivity index (χ1n) is 13.3. The van der Waals surface area contributed by atoms with E-state index in [1.807, 2.05) is 48.5 Å². The maximum Gasteiger partial charge on any atom is 0.343 e. The van der Waals surface area contributed by atoms with Crippen LogP contribution >= 0.6 is 15.9 Å². The first-order valence-corrected chi connectivity index (χ1v) is 14.1. The molecule has 11 heteroatoms. The lowest BCUT2D eigenvalue weighted by Gasteiger charge is -2.14. The van der Waals surface area contributed by atoms with Gasteiger partial charge in [0.1, 0.15) is 17.2 Å². The van der Waals surface area contributed by atoms with E-state index in [0.717, 1.165) is 16.5 Å². The van der Waals surface area contributed by atoms with Crippen LogP contribution < -0.4 is 29.1 Å². The van der Waals surface area contributed by atoms with E-state index >= 15 is 0 Å².